The summed E-state index contributed by atoms with van der Waals surface area (Å²) in [6.45, 7) is 2.26. The molecule has 0 amide bonds. The maximum atomic E-state index is 10.5. The highest BCUT2D eigenvalue weighted by Crippen LogP contribution is 2.24. The van der Waals surface area contributed by atoms with Gasteiger partial charge in [0.05, 0.1) is 4.90 Å². The summed E-state index contributed by atoms with van der Waals surface area (Å²) in [5, 5.41) is 8.39. The van der Waals surface area contributed by atoms with Crippen molar-refractivity contribution in [3.63, 3.8) is 0 Å². The van der Waals surface area contributed by atoms with Crippen molar-refractivity contribution in [2.75, 3.05) is 6.61 Å². The van der Waals surface area contributed by atoms with Crippen LogP contribution in [0.25, 0.3) is 0 Å². The first-order chi connectivity index (χ1) is 7.93. The Kier molecular flexibility index (Phi) is 5.11. The van der Waals surface area contributed by atoms with Crippen LogP contribution in [0.4, 0.5) is 0 Å². The van der Waals surface area contributed by atoms with Gasteiger partial charge in [0.15, 0.2) is 0 Å². The average Bonchev–Trinajstić information content (AvgIpc) is 2.16. The average molecular weight is 258 g/mol. The first-order valence-corrected chi connectivity index (χ1v) is 7.02. The molecule has 1 aromatic carbocycles. The Balaban J connectivity index is 0.000000202. The highest BCUT2D eigenvalue weighted by atomic mass is 32.2. The van der Waals surface area contributed by atoms with E-state index in [1.54, 1.807) is 12.1 Å². The van der Waals surface area contributed by atoms with Crippen molar-refractivity contribution in [1.82, 2.24) is 0 Å². The van der Waals surface area contributed by atoms with Gasteiger partial charge in [-0.15, -0.1) is 0 Å². The number of rotatable bonds is 2. The topological polar surface area (TPSA) is 74.6 Å². The molecule has 0 saturated heterocycles. The third kappa shape index (κ3) is 4.85. The van der Waals surface area contributed by atoms with Crippen LogP contribution in [0.15, 0.2) is 29.2 Å². The molecule has 1 aromatic rings. The minimum atomic E-state index is -4.02. The van der Waals surface area contributed by atoms with Gasteiger partial charge in [0.25, 0.3) is 10.1 Å². The number of benzene rings is 1. The Bertz CT molecular complexity index is 429. The Morgan fingerprint density at radius 1 is 1.24 bits per heavy atom. The van der Waals surface area contributed by atoms with Gasteiger partial charge >= 0.3 is 0 Å². The van der Waals surface area contributed by atoms with Crippen LogP contribution in [0, 0.1) is 12.8 Å². The molecule has 5 heteroatoms. The van der Waals surface area contributed by atoms with Crippen LogP contribution >= 0.6 is 0 Å². The number of aliphatic hydroxyl groups excluding tert-OH is 1. The number of aliphatic hydroxyl groups is 1. The lowest BCUT2D eigenvalue weighted by molar-refractivity contribution is 0.163. The fourth-order valence-corrected chi connectivity index (χ4v) is 1.87. The van der Waals surface area contributed by atoms with E-state index >= 15 is 0 Å². The zero-order chi connectivity index (χ0) is 12.9. The maximum absolute atomic E-state index is 10.5. The van der Waals surface area contributed by atoms with Gasteiger partial charge in [-0.2, -0.15) is 8.42 Å². The lowest BCUT2D eigenvalue weighted by Crippen LogP contribution is -2.14. The van der Waals surface area contributed by atoms with Gasteiger partial charge in [0, 0.05) is 6.61 Å². The van der Waals surface area contributed by atoms with Crippen LogP contribution in [0.2, 0.25) is 0 Å². The fraction of sp³-hybridized carbons (Fsp3) is 0.500. The van der Waals surface area contributed by atoms with E-state index in [0.717, 1.165) is 5.56 Å². The van der Waals surface area contributed by atoms with Crippen molar-refractivity contribution < 1.29 is 18.1 Å². The Labute approximate surface area is 102 Å². The summed E-state index contributed by atoms with van der Waals surface area (Å²) in [6, 6.07) is 5.99. The standard InChI is InChI=1S/C7H8O3S.C5H10O/c1-6-2-4-7(5-3-6)11(8,9)10;6-4-5-2-1-3-5/h2-5H,1H3,(H,8,9,10);5-6H,1-4H2. The van der Waals surface area contributed by atoms with Gasteiger partial charge in [-0.05, 0) is 37.8 Å². The SMILES string of the molecule is Cc1ccc(S(=O)(=O)O)cc1.OCC1CCC1. The Morgan fingerprint density at radius 3 is 2.00 bits per heavy atom. The summed E-state index contributed by atoms with van der Waals surface area (Å²) in [5.74, 6) is 0.671. The van der Waals surface area contributed by atoms with E-state index in [9.17, 15) is 8.42 Å². The van der Waals surface area contributed by atoms with E-state index in [2.05, 4.69) is 0 Å². The highest BCUT2D eigenvalue weighted by Gasteiger charge is 2.14. The van der Waals surface area contributed by atoms with Crippen molar-refractivity contribution in [3.8, 4) is 0 Å². The second kappa shape index (κ2) is 6.14. The summed E-state index contributed by atoms with van der Waals surface area (Å²) in [4.78, 5) is -0.0666. The van der Waals surface area contributed by atoms with E-state index in [0.29, 0.717) is 12.5 Å². The third-order valence-electron chi connectivity index (χ3n) is 2.80. The summed E-state index contributed by atoms with van der Waals surface area (Å²) in [5.41, 5.74) is 0.956. The van der Waals surface area contributed by atoms with Gasteiger partial charge in [-0.1, -0.05) is 24.1 Å². The third-order valence-corrected chi connectivity index (χ3v) is 3.67. The molecule has 0 radical (unpaired) electrons. The monoisotopic (exact) mass is 258 g/mol. The van der Waals surface area contributed by atoms with E-state index < -0.39 is 10.1 Å². The molecule has 1 aliphatic carbocycles. The molecule has 0 atom stereocenters. The summed E-state index contributed by atoms with van der Waals surface area (Å²) in [6.07, 6.45) is 3.86. The number of hydrogen-bond donors (Lipinski definition) is 2. The van der Waals surface area contributed by atoms with Gasteiger partial charge in [-0.3, -0.25) is 4.55 Å². The molecule has 2 rings (SSSR count). The molecule has 1 aliphatic rings. The molecule has 0 heterocycles. The predicted molar refractivity (Wildman–Crippen MR) is 65.4 cm³/mol. The van der Waals surface area contributed by atoms with E-state index in [1.807, 2.05) is 6.92 Å². The maximum Gasteiger partial charge on any atom is 0.294 e. The molecule has 0 unspecified atom stereocenters. The molecule has 1 fully saturated rings. The fourth-order valence-electron chi connectivity index (χ4n) is 1.39. The van der Waals surface area contributed by atoms with Gasteiger partial charge in [0.1, 0.15) is 0 Å². The second-order valence-electron chi connectivity index (χ2n) is 4.27. The first-order valence-electron chi connectivity index (χ1n) is 5.58. The first kappa shape index (κ1) is 14.2. The summed E-state index contributed by atoms with van der Waals surface area (Å²) in [7, 11) is -4.02. The van der Waals surface area contributed by atoms with Crippen LogP contribution in [0.5, 0.6) is 0 Å². The zero-order valence-electron chi connectivity index (χ0n) is 9.83. The molecule has 0 bridgehead atoms. The van der Waals surface area contributed by atoms with Crippen molar-refractivity contribution in [3.05, 3.63) is 29.8 Å². The lowest BCUT2D eigenvalue weighted by Gasteiger charge is -2.21. The van der Waals surface area contributed by atoms with Crippen molar-refractivity contribution in [1.29, 1.82) is 0 Å². The van der Waals surface area contributed by atoms with Crippen molar-refractivity contribution in [2.45, 2.75) is 31.1 Å². The minimum Gasteiger partial charge on any atom is -0.396 e. The Morgan fingerprint density at radius 2 is 1.76 bits per heavy atom. The largest absolute Gasteiger partial charge is 0.396 e. The molecular formula is C12H18O4S. The second-order valence-corrected chi connectivity index (χ2v) is 5.69. The number of aryl methyl sites for hydroxylation is 1. The summed E-state index contributed by atoms with van der Waals surface area (Å²) < 4.78 is 29.6. The number of hydrogen-bond acceptors (Lipinski definition) is 3. The molecule has 4 nitrogen and oxygen atoms in total. The van der Waals surface area contributed by atoms with E-state index in [1.165, 1.54) is 31.4 Å². The van der Waals surface area contributed by atoms with Crippen LogP contribution in [-0.2, 0) is 10.1 Å². The molecule has 96 valence electrons. The molecule has 17 heavy (non-hydrogen) atoms. The molecular weight excluding hydrogens is 240 g/mol. The van der Waals surface area contributed by atoms with E-state index in [-0.39, 0.29) is 4.90 Å². The highest BCUT2D eigenvalue weighted by molar-refractivity contribution is 7.85. The quantitative estimate of drug-likeness (QED) is 0.796. The molecule has 0 aliphatic heterocycles. The van der Waals surface area contributed by atoms with Crippen molar-refractivity contribution in [2.24, 2.45) is 5.92 Å². The van der Waals surface area contributed by atoms with Gasteiger partial charge in [-0.25, -0.2) is 0 Å². The smallest absolute Gasteiger partial charge is 0.294 e. The molecule has 0 spiro atoms. The van der Waals surface area contributed by atoms with Crippen LogP contribution < -0.4 is 0 Å². The lowest BCUT2D eigenvalue weighted by atomic mass is 9.86. The Hall–Kier alpha value is -0.910. The summed E-state index contributed by atoms with van der Waals surface area (Å²) >= 11 is 0. The van der Waals surface area contributed by atoms with Gasteiger partial charge < -0.3 is 5.11 Å². The van der Waals surface area contributed by atoms with Crippen LogP contribution in [0.1, 0.15) is 24.8 Å². The molecule has 1 saturated carbocycles. The minimum absolute atomic E-state index is 0.0666. The van der Waals surface area contributed by atoms with Crippen LogP contribution in [-0.4, -0.2) is 24.7 Å². The zero-order valence-corrected chi connectivity index (χ0v) is 10.7. The van der Waals surface area contributed by atoms with E-state index in [4.69, 9.17) is 9.66 Å². The molecule has 0 aromatic heterocycles. The van der Waals surface area contributed by atoms with Crippen LogP contribution in [0.3, 0.4) is 0 Å². The normalized spacial score (nSPS) is 15.7. The predicted octanol–water partition coefficient (Wildman–Crippen LogP) is 2.02. The molecule has 2 N–H and O–H groups in total. The van der Waals surface area contributed by atoms with Gasteiger partial charge in [0.2, 0.25) is 0 Å². The van der Waals surface area contributed by atoms with Crippen molar-refractivity contribution >= 4 is 10.1 Å².